The highest BCUT2D eigenvalue weighted by Gasteiger charge is 2.27. The molecule has 1 saturated carbocycles. The van der Waals surface area contributed by atoms with Crippen molar-refractivity contribution in [3.63, 3.8) is 0 Å². The van der Waals surface area contributed by atoms with Crippen LogP contribution in [0.4, 0.5) is 5.82 Å². The number of carbonyl (C=O) groups is 1. The molecule has 1 aliphatic rings. The fraction of sp³-hybridized carbons (Fsp3) is 0.400. The summed E-state index contributed by atoms with van der Waals surface area (Å²) in [5.41, 5.74) is 0.645. The van der Waals surface area contributed by atoms with E-state index in [1.807, 2.05) is 23.7 Å². The summed E-state index contributed by atoms with van der Waals surface area (Å²) in [6.45, 7) is 2.52. The maximum absolute atomic E-state index is 12.8. The normalized spacial score (nSPS) is 14.8. The second-order valence-electron chi connectivity index (χ2n) is 5.13. The van der Waals surface area contributed by atoms with Gasteiger partial charge in [0.2, 0.25) is 0 Å². The highest BCUT2D eigenvalue weighted by atomic mass is 79.9. The van der Waals surface area contributed by atoms with Crippen molar-refractivity contribution in [3.8, 4) is 0 Å². The Balaban J connectivity index is 1.88. The Hall–Kier alpha value is -1.69. The van der Waals surface area contributed by atoms with Crippen molar-refractivity contribution >= 4 is 27.7 Å². The van der Waals surface area contributed by atoms with Crippen LogP contribution in [0.1, 0.15) is 42.7 Å². The maximum Gasteiger partial charge on any atom is 0.277 e. The van der Waals surface area contributed by atoms with Gasteiger partial charge in [-0.1, -0.05) is 0 Å². The zero-order chi connectivity index (χ0) is 14.8. The van der Waals surface area contributed by atoms with Crippen LogP contribution >= 0.6 is 15.9 Å². The summed E-state index contributed by atoms with van der Waals surface area (Å²) in [6, 6.07) is 5.90. The molecule has 0 aromatic carbocycles. The standard InChI is InChI=1S/C15H17BrN4O/c1-2-19(14-7-6-11(16)10-17-14)15(21)13-8-9-18-20(13)12-4-3-5-12/h6-10,12H,2-5H2,1H3. The van der Waals surface area contributed by atoms with Crippen LogP contribution in [0.2, 0.25) is 0 Å². The van der Waals surface area contributed by atoms with Crippen molar-refractivity contribution in [1.82, 2.24) is 14.8 Å². The van der Waals surface area contributed by atoms with Crippen LogP contribution in [0.25, 0.3) is 0 Å². The monoisotopic (exact) mass is 348 g/mol. The first-order valence-corrected chi connectivity index (χ1v) is 7.97. The minimum atomic E-state index is -0.0447. The van der Waals surface area contributed by atoms with Gasteiger partial charge in [-0.25, -0.2) is 4.98 Å². The summed E-state index contributed by atoms with van der Waals surface area (Å²) < 4.78 is 2.77. The number of hydrogen-bond acceptors (Lipinski definition) is 3. The summed E-state index contributed by atoms with van der Waals surface area (Å²) in [6.07, 6.45) is 6.82. The van der Waals surface area contributed by atoms with Crippen LogP contribution in [0.15, 0.2) is 35.1 Å². The molecule has 2 aromatic rings. The first-order chi connectivity index (χ1) is 10.2. The number of halogens is 1. The predicted molar refractivity (Wildman–Crippen MR) is 84.4 cm³/mol. The van der Waals surface area contributed by atoms with Crippen LogP contribution in [0.5, 0.6) is 0 Å². The summed E-state index contributed by atoms with van der Waals surface area (Å²) in [5, 5.41) is 4.33. The van der Waals surface area contributed by atoms with Crippen molar-refractivity contribution in [2.45, 2.75) is 32.2 Å². The number of nitrogens with zero attached hydrogens (tertiary/aromatic N) is 4. The average Bonchev–Trinajstić information content (AvgIpc) is 2.88. The van der Waals surface area contributed by atoms with Crippen LogP contribution in [-0.2, 0) is 0 Å². The number of rotatable bonds is 4. The Morgan fingerprint density at radius 1 is 1.43 bits per heavy atom. The molecule has 1 fully saturated rings. The third-order valence-electron chi connectivity index (χ3n) is 3.86. The number of amides is 1. The largest absolute Gasteiger partial charge is 0.292 e. The number of hydrogen-bond donors (Lipinski definition) is 0. The quantitative estimate of drug-likeness (QED) is 0.850. The zero-order valence-electron chi connectivity index (χ0n) is 11.9. The first kappa shape index (κ1) is 14.3. The second-order valence-corrected chi connectivity index (χ2v) is 6.05. The van der Waals surface area contributed by atoms with E-state index in [-0.39, 0.29) is 5.91 Å². The third kappa shape index (κ3) is 2.72. The lowest BCUT2D eigenvalue weighted by molar-refractivity contribution is 0.0970. The van der Waals surface area contributed by atoms with E-state index < -0.39 is 0 Å². The van der Waals surface area contributed by atoms with E-state index in [0.717, 1.165) is 17.3 Å². The van der Waals surface area contributed by atoms with Gasteiger partial charge in [-0.2, -0.15) is 5.10 Å². The molecule has 2 heterocycles. The molecule has 2 aromatic heterocycles. The molecule has 0 saturated heterocycles. The van der Waals surface area contributed by atoms with Gasteiger partial charge in [0.1, 0.15) is 11.5 Å². The predicted octanol–water partition coefficient (Wildman–Crippen LogP) is 3.43. The van der Waals surface area contributed by atoms with E-state index in [1.54, 1.807) is 23.4 Å². The van der Waals surface area contributed by atoms with Crippen molar-refractivity contribution in [3.05, 3.63) is 40.8 Å². The van der Waals surface area contributed by atoms with Crippen LogP contribution < -0.4 is 4.90 Å². The summed E-state index contributed by atoms with van der Waals surface area (Å²) in [5.74, 6) is 0.615. The van der Waals surface area contributed by atoms with Gasteiger partial charge < -0.3 is 0 Å². The van der Waals surface area contributed by atoms with Crippen LogP contribution in [0, 0.1) is 0 Å². The van der Waals surface area contributed by atoms with E-state index in [9.17, 15) is 4.79 Å². The maximum atomic E-state index is 12.8. The van der Waals surface area contributed by atoms with Crippen molar-refractivity contribution in [1.29, 1.82) is 0 Å². The SMILES string of the molecule is CCN(C(=O)c1ccnn1C1CCC1)c1ccc(Br)cn1. The molecular formula is C15H17BrN4O. The lowest BCUT2D eigenvalue weighted by Gasteiger charge is -2.28. The molecule has 0 spiro atoms. The van der Waals surface area contributed by atoms with E-state index in [4.69, 9.17) is 0 Å². The topological polar surface area (TPSA) is 51.0 Å². The summed E-state index contributed by atoms with van der Waals surface area (Å²) in [7, 11) is 0. The average molecular weight is 349 g/mol. The molecule has 1 amide bonds. The zero-order valence-corrected chi connectivity index (χ0v) is 13.5. The number of carbonyl (C=O) groups excluding carboxylic acids is 1. The fourth-order valence-electron chi connectivity index (χ4n) is 2.48. The Bertz CT molecular complexity index is 633. The molecule has 0 aliphatic heterocycles. The molecule has 0 radical (unpaired) electrons. The Kier molecular flexibility index (Phi) is 4.05. The number of anilines is 1. The fourth-order valence-corrected chi connectivity index (χ4v) is 2.72. The highest BCUT2D eigenvalue weighted by Crippen LogP contribution is 2.32. The van der Waals surface area contributed by atoms with Crippen molar-refractivity contribution in [2.24, 2.45) is 0 Å². The lowest BCUT2D eigenvalue weighted by atomic mass is 9.93. The lowest BCUT2D eigenvalue weighted by Crippen LogP contribution is -2.34. The molecule has 1 aliphatic carbocycles. The molecule has 21 heavy (non-hydrogen) atoms. The molecule has 110 valence electrons. The van der Waals surface area contributed by atoms with E-state index in [2.05, 4.69) is 26.0 Å². The van der Waals surface area contributed by atoms with Gasteiger partial charge in [0, 0.05) is 23.4 Å². The molecule has 5 nitrogen and oxygen atoms in total. The molecular weight excluding hydrogens is 332 g/mol. The second kappa shape index (κ2) is 5.97. The minimum Gasteiger partial charge on any atom is -0.292 e. The highest BCUT2D eigenvalue weighted by molar-refractivity contribution is 9.10. The smallest absolute Gasteiger partial charge is 0.277 e. The van der Waals surface area contributed by atoms with Crippen LogP contribution in [-0.4, -0.2) is 27.2 Å². The molecule has 3 rings (SSSR count). The van der Waals surface area contributed by atoms with Crippen molar-refractivity contribution < 1.29 is 4.79 Å². The van der Waals surface area contributed by atoms with Gasteiger partial charge in [-0.05, 0) is 60.3 Å². The minimum absolute atomic E-state index is 0.0447. The molecule has 6 heteroatoms. The number of pyridine rings is 1. The van der Waals surface area contributed by atoms with E-state index in [1.165, 1.54) is 6.42 Å². The number of aromatic nitrogens is 3. The molecule has 0 N–H and O–H groups in total. The van der Waals surface area contributed by atoms with Crippen molar-refractivity contribution in [2.75, 3.05) is 11.4 Å². The van der Waals surface area contributed by atoms with Gasteiger partial charge in [0.15, 0.2) is 0 Å². The van der Waals surface area contributed by atoms with Gasteiger partial charge >= 0.3 is 0 Å². The van der Waals surface area contributed by atoms with E-state index in [0.29, 0.717) is 24.1 Å². The van der Waals surface area contributed by atoms with Gasteiger partial charge in [-0.15, -0.1) is 0 Å². The van der Waals surface area contributed by atoms with Gasteiger partial charge in [0.25, 0.3) is 5.91 Å². The summed E-state index contributed by atoms with van der Waals surface area (Å²) >= 11 is 3.36. The van der Waals surface area contributed by atoms with Gasteiger partial charge in [-0.3, -0.25) is 14.4 Å². The van der Waals surface area contributed by atoms with E-state index >= 15 is 0 Å². The Morgan fingerprint density at radius 3 is 2.81 bits per heavy atom. The third-order valence-corrected chi connectivity index (χ3v) is 4.33. The summed E-state index contributed by atoms with van der Waals surface area (Å²) in [4.78, 5) is 18.8. The molecule has 0 atom stereocenters. The first-order valence-electron chi connectivity index (χ1n) is 7.17. The Labute approximate surface area is 132 Å². The Morgan fingerprint density at radius 2 is 2.24 bits per heavy atom. The molecule has 0 unspecified atom stereocenters. The van der Waals surface area contributed by atoms with Gasteiger partial charge in [0.05, 0.1) is 6.04 Å². The van der Waals surface area contributed by atoms with Crippen LogP contribution in [0.3, 0.4) is 0 Å². The molecule has 0 bridgehead atoms.